The van der Waals surface area contributed by atoms with Crippen molar-refractivity contribution in [3.05, 3.63) is 70.5 Å². The third-order valence-corrected chi connectivity index (χ3v) is 3.73. The standard InChI is InChI=1S/C17H19ClFN/c1-3-17(13-7-9-15(18)10-8-13)20-12(2)14-5-4-6-16(19)11-14/h4-12,17,20H,3H2,1-2H3/t12-,17?/m0/s1. The summed E-state index contributed by atoms with van der Waals surface area (Å²) in [4.78, 5) is 0. The zero-order valence-electron chi connectivity index (χ0n) is 11.7. The number of rotatable bonds is 5. The van der Waals surface area contributed by atoms with E-state index in [1.165, 1.54) is 11.6 Å². The Morgan fingerprint density at radius 2 is 1.80 bits per heavy atom. The van der Waals surface area contributed by atoms with E-state index in [0.717, 1.165) is 17.0 Å². The van der Waals surface area contributed by atoms with Crippen LogP contribution in [0, 0.1) is 5.82 Å². The highest BCUT2D eigenvalue weighted by Gasteiger charge is 2.14. The van der Waals surface area contributed by atoms with Crippen LogP contribution in [0.25, 0.3) is 0 Å². The van der Waals surface area contributed by atoms with Gasteiger partial charge in [0, 0.05) is 17.1 Å². The highest BCUT2D eigenvalue weighted by atomic mass is 35.5. The van der Waals surface area contributed by atoms with Crippen molar-refractivity contribution in [3.63, 3.8) is 0 Å². The molecule has 1 nitrogen and oxygen atoms in total. The Labute approximate surface area is 124 Å². The average molecular weight is 292 g/mol. The van der Waals surface area contributed by atoms with Crippen molar-refractivity contribution in [2.45, 2.75) is 32.4 Å². The van der Waals surface area contributed by atoms with Crippen molar-refractivity contribution in [2.24, 2.45) is 0 Å². The van der Waals surface area contributed by atoms with Gasteiger partial charge in [-0.05, 0) is 48.7 Å². The molecule has 2 aromatic carbocycles. The van der Waals surface area contributed by atoms with Crippen LogP contribution in [0.4, 0.5) is 4.39 Å². The van der Waals surface area contributed by atoms with Gasteiger partial charge in [-0.1, -0.05) is 42.8 Å². The lowest BCUT2D eigenvalue weighted by Gasteiger charge is -2.23. The van der Waals surface area contributed by atoms with Crippen molar-refractivity contribution >= 4 is 11.6 Å². The minimum Gasteiger partial charge on any atom is -0.303 e. The molecule has 0 saturated heterocycles. The Morgan fingerprint density at radius 3 is 2.40 bits per heavy atom. The van der Waals surface area contributed by atoms with E-state index in [0.29, 0.717) is 0 Å². The molecule has 0 bridgehead atoms. The quantitative estimate of drug-likeness (QED) is 0.790. The summed E-state index contributed by atoms with van der Waals surface area (Å²) in [6.45, 7) is 4.18. The number of halogens is 2. The number of benzene rings is 2. The fourth-order valence-electron chi connectivity index (χ4n) is 2.32. The van der Waals surface area contributed by atoms with E-state index in [9.17, 15) is 4.39 Å². The molecule has 0 aliphatic rings. The van der Waals surface area contributed by atoms with Crippen molar-refractivity contribution < 1.29 is 4.39 Å². The molecule has 0 aliphatic carbocycles. The fourth-order valence-corrected chi connectivity index (χ4v) is 2.44. The van der Waals surface area contributed by atoms with Crippen LogP contribution in [0.1, 0.15) is 43.5 Å². The van der Waals surface area contributed by atoms with Crippen molar-refractivity contribution in [2.75, 3.05) is 0 Å². The molecule has 0 amide bonds. The van der Waals surface area contributed by atoms with E-state index in [1.54, 1.807) is 12.1 Å². The van der Waals surface area contributed by atoms with Crippen molar-refractivity contribution in [1.82, 2.24) is 5.32 Å². The van der Waals surface area contributed by atoms with Gasteiger partial charge in [0.05, 0.1) is 0 Å². The summed E-state index contributed by atoms with van der Waals surface area (Å²) in [6.07, 6.45) is 0.960. The summed E-state index contributed by atoms with van der Waals surface area (Å²) in [7, 11) is 0. The van der Waals surface area contributed by atoms with E-state index >= 15 is 0 Å². The minimum atomic E-state index is -0.198. The lowest BCUT2D eigenvalue weighted by molar-refractivity contribution is 0.455. The van der Waals surface area contributed by atoms with Crippen LogP contribution in [0.5, 0.6) is 0 Å². The maximum Gasteiger partial charge on any atom is 0.123 e. The minimum absolute atomic E-state index is 0.0892. The molecule has 106 valence electrons. The van der Waals surface area contributed by atoms with Crippen LogP contribution in [0.3, 0.4) is 0 Å². The molecule has 0 saturated carbocycles. The fraction of sp³-hybridized carbons (Fsp3) is 0.294. The maximum absolute atomic E-state index is 13.3. The van der Waals surface area contributed by atoms with E-state index in [-0.39, 0.29) is 17.9 Å². The normalized spacial score (nSPS) is 14.0. The molecule has 2 aromatic rings. The lowest BCUT2D eigenvalue weighted by atomic mass is 10.0. The van der Waals surface area contributed by atoms with Gasteiger partial charge in [0.1, 0.15) is 5.82 Å². The Kier molecular flexibility index (Phi) is 5.16. The van der Waals surface area contributed by atoms with Crippen molar-refractivity contribution in [1.29, 1.82) is 0 Å². The first-order valence-corrected chi connectivity index (χ1v) is 7.25. The second kappa shape index (κ2) is 6.87. The van der Waals surface area contributed by atoms with Crippen LogP contribution >= 0.6 is 11.6 Å². The average Bonchev–Trinajstić information content (AvgIpc) is 2.45. The first-order chi connectivity index (χ1) is 9.60. The van der Waals surface area contributed by atoms with Crippen LogP contribution in [-0.2, 0) is 0 Å². The summed E-state index contributed by atoms with van der Waals surface area (Å²) >= 11 is 5.92. The summed E-state index contributed by atoms with van der Waals surface area (Å²) in [5.74, 6) is -0.198. The van der Waals surface area contributed by atoms with Crippen LogP contribution in [0.2, 0.25) is 5.02 Å². The Hall–Kier alpha value is -1.38. The SMILES string of the molecule is CCC(N[C@@H](C)c1cccc(F)c1)c1ccc(Cl)cc1. The molecule has 20 heavy (non-hydrogen) atoms. The van der Waals surface area contributed by atoms with E-state index < -0.39 is 0 Å². The summed E-state index contributed by atoms with van der Waals surface area (Å²) in [5, 5.41) is 4.27. The molecule has 1 N–H and O–H groups in total. The molecule has 0 aromatic heterocycles. The van der Waals surface area contributed by atoms with E-state index in [1.807, 2.05) is 37.3 Å². The van der Waals surface area contributed by atoms with Gasteiger partial charge >= 0.3 is 0 Å². The Bertz CT molecular complexity index is 553. The van der Waals surface area contributed by atoms with Gasteiger partial charge in [-0.25, -0.2) is 4.39 Å². The second-order valence-electron chi connectivity index (χ2n) is 4.96. The number of nitrogens with one attached hydrogen (secondary N) is 1. The molecule has 0 fully saturated rings. The molecule has 0 radical (unpaired) electrons. The monoisotopic (exact) mass is 291 g/mol. The molecule has 0 spiro atoms. The molecule has 1 unspecified atom stereocenters. The summed E-state index contributed by atoms with van der Waals surface area (Å²) < 4.78 is 13.3. The zero-order chi connectivity index (χ0) is 14.5. The Morgan fingerprint density at radius 1 is 1.10 bits per heavy atom. The smallest absolute Gasteiger partial charge is 0.123 e. The maximum atomic E-state index is 13.3. The third kappa shape index (κ3) is 3.81. The van der Waals surface area contributed by atoms with E-state index in [2.05, 4.69) is 12.2 Å². The van der Waals surface area contributed by atoms with Gasteiger partial charge in [-0.2, -0.15) is 0 Å². The number of hydrogen-bond acceptors (Lipinski definition) is 1. The van der Waals surface area contributed by atoms with Gasteiger partial charge in [-0.3, -0.25) is 0 Å². The predicted octanol–water partition coefficient (Wildman–Crippen LogP) is 5.28. The van der Waals surface area contributed by atoms with Crippen LogP contribution in [0.15, 0.2) is 48.5 Å². The molecule has 3 heteroatoms. The van der Waals surface area contributed by atoms with Gasteiger partial charge in [0.2, 0.25) is 0 Å². The van der Waals surface area contributed by atoms with Gasteiger partial charge in [0.15, 0.2) is 0 Å². The van der Waals surface area contributed by atoms with Crippen molar-refractivity contribution in [3.8, 4) is 0 Å². The van der Waals surface area contributed by atoms with E-state index in [4.69, 9.17) is 11.6 Å². The third-order valence-electron chi connectivity index (χ3n) is 3.48. The molecular weight excluding hydrogens is 273 g/mol. The Balaban J connectivity index is 2.11. The highest BCUT2D eigenvalue weighted by molar-refractivity contribution is 6.30. The predicted molar refractivity (Wildman–Crippen MR) is 82.4 cm³/mol. The molecule has 0 aliphatic heterocycles. The largest absolute Gasteiger partial charge is 0.303 e. The van der Waals surface area contributed by atoms with Gasteiger partial charge < -0.3 is 5.32 Å². The molecule has 0 heterocycles. The molecular formula is C17H19ClFN. The van der Waals surface area contributed by atoms with Gasteiger partial charge in [-0.15, -0.1) is 0 Å². The number of hydrogen-bond donors (Lipinski definition) is 1. The summed E-state index contributed by atoms with van der Waals surface area (Å²) in [6, 6.07) is 14.9. The first-order valence-electron chi connectivity index (χ1n) is 6.87. The highest BCUT2D eigenvalue weighted by Crippen LogP contribution is 2.23. The van der Waals surface area contributed by atoms with Crippen LogP contribution < -0.4 is 5.32 Å². The van der Waals surface area contributed by atoms with Gasteiger partial charge in [0.25, 0.3) is 0 Å². The topological polar surface area (TPSA) is 12.0 Å². The lowest BCUT2D eigenvalue weighted by Crippen LogP contribution is -2.24. The zero-order valence-corrected chi connectivity index (χ0v) is 12.5. The van der Waals surface area contributed by atoms with Crippen LogP contribution in [-0.4, -0.2) is 0 Å². The molecule has 2 atom stereocenters. The summed E-state index contributed by atoms with van der Waals surface area (Å²) in [5.41, 5.74) is 2.15. The first kappa shape index (κ1) is 15.0. The second-order valence-corrected chi connectivity index (χ2v) is 5.39. The molecule has 2 rings (SSSR count).